The number of amides is 1. The van der Waals surface area contributed by atoms with Gasteiger partial charge < -0.3 is 4.53 Å². The predicted octanol–water partition coefficient (Wildman–Crippen LogP) is 3.60. The first-order valence-corrected chi connectivity index (χ1v) is 12.1. The molecule has 0 saturated heterocycles. The van der Waals surface area contributed by atoms with Gasteiger partial charge in [-0.3, -0.25) is 4.79 Å². The highest BCUT2D eigenvalue weighted by atomic mass is 32.1. The summed E-state index contributed by atoms with van der Waals surface area (Å²) in [4.78, 5) is 17.0. The summed E-state index contributed by atoms with van der Waals surface area (Å²) in [6.45, 7) is 8.46. The second kappa shape index (κ2) is 8.39. The zero-order valence-corrected chi connectivity index (χ0v) is 18.5. The molecule has 0 spiro atoms. The van der Waals surface area contributed by atoms with Crippen molar-refractivity contribution in [3.8, 4) is 0 Å². The van der Waals surface area contributed by atoms with Crippen LogP contribution >= 0.6 is 11.3 Å². The Morgan fingerprint density at radius 3 is 2.00 bits per heavy atom. The molecule has 0 unspecified atom stereocenters. The highest BCUT2D eigenvalue weighted by molar-refractivity contribution is 7.09. The zero-order chi connectivity index (χ0) is 20.2. The summed E-state index contributed by atoms with van der Waals surface area (Å²) in [6.07, 6.45) is 0.211. The number of hydroxylamine groups is 1. The topological polar surface area (TPSA) is 51.2 Å². The van der Waals surface area contributed by atoms with Gasteiger partial charge in [-0.1, -0.05) is 81.4 Å². The molecule has 0 aliphatic heterocycles. The molecule has 0 aliphatic carbocycles. The third-order valence-corrected chi connectivity index (χ3v) is 10.4. The molecule has 3 rings (SSSR count). The summed E-state index contributed by atoms with van der Waals surface area (Å²) in [6, 6.07) is 20.5. The minimum Gasteiger partial charge on any atom is -0.308 e. The van der Waals surface area contributed by atoms with Crippen LogP contribution in [-0.2, 0) is 15.7 Å². The number of benzene rings is 2. The number of nitrogens with zero attached hydrogens (tertiary/aromatic N) is 1. The van der Waals surface area contributed by atoms with E-state index in [9.17, 15) is 4.79 Å². The summed E-state index contributed by atoms with van der Waals surface area (Å²) < 4.78 is 6.42. The van der Waals surface area contributed by atoms with Crippen LogP contribution in [0.1, 0.15) is 31.5 Å². The molecular formula is C22H26N2O2SSi. The zero-order valence-electron chi connectivity index (χ0n) is 16.7. The first-order chi connectivity index (χ1) is 13.3. The van der Waals surface area contributed by atoms with E-state index in [1.54, 1.807) is 11.3 Å². The predicted molar refractivity (Wildman–Crippen MR) is 117 cm³/mol. The second-order valence-corrected chi connectivity index (χ2v) is 13.1. The van der Waals surface area contributed by atoms with Gasteiger partial charge in [0.05, 0.1) is 17.1 Å². The molecule has 146 valence electrons. The number of hydrogen-bond acceptors (Lipinski definition) is 4. The van der Waals surface area contributed by atoms with E-state index in [4.69, 9.17) is 4.53 Å². The summed E-state index contributed by atoms with van der Waals surface area (Å²) in [5.74, 6) is -0.182. The molecule has 1 amide bonds. The van der Waals surface area contributed by atoms with Crippen LogP contribution in [0, 0.1) is 6.92 Å². The van der Waals surface area contributed by atoms with Crippen molar-refractivity contribution in [2.75, 3.05) is 0 Å². The number of rotatable bonds is 6. The molecule has 4 nitrogen and oxygen atoms in total. The molecule has 3 aromatic rings. The number of nitrogens with one attached hydrogen (secondary N) is 1. The fraction of sp³-hybridized carbons (Fsp3) is 0.273. The van der Waals surface area contributed by atoms with Gasteiger partial charge in [-0.2, -0.15) is 0 Å². The van der Waals surface area contributed by atoms with Crippen LogP contribution in [-0.4, -0.2) is 19.2 Å². The van der Waals surface area contributed by atoms with E-state index in [1.165, 1.54) is 0 Å². The Morgan fingerprint density at radius 2 is 1.57 bits per heavy atom. The van der Waals surface area contributed by atoms with Gasteiger partial charge in [-0.25, -0.2) is 10.5 Å². The lowest BCUT2D eigenvalue weighted by Gasteiger charge is -2.41. The van der Waals surface area contributed by atoms with E-state index in [0.717, 1.165) is 21.1 Å². The standard InChI is InChI=1S/C22H26N2O2SSi/c1-17-23-18(16-27-17)15-21(25)24-26-28(22(2,3)4,19-11-7-5-8-12-19)20-13-9-6-10-14-20/h5-14,16H,15H2,1-4H3,(H,24,25). The van der Waals surface area contributed by atoms with Gasteiger partial charge in [-0.15, -0.1) is 11.3 Å². The highest BCUT2D eigenvalue weighted by Crippen LogP contribution is 2.36. The number of carbonyl (C=O) groups excluding carboxylic acids is 1. The van der Waals surface area contributed by atoms with Gasteiger partial charge in [-0.05, 0) is 22.3 Å². The smallest absolute Gasteiger partial charge is 0.295 e. The lowest BCUT2D eigenvalue weighted by Crippen LogP contribution is -2.68. The molecule has 0 aliphatic rings. The molecule has 0 bridgehead atoms. The third kappa shape index (κ3) is 4.24. The Bertz CT molecular complexity index is 881. The lowest BCUT2D eigenvalue weighted by atomic mass is 10.2. The number of thiazole rings is 1. The van der Waals surface area contributed by atoms with Gasteiger partial charge in [0.25, 0.3) is 8.32 Å². The summed E-state index contributed by atoms with van der Waals surface area (Å²) in [5.41, 5.74) is 3.54. The van der Waals surface area contributed by atoms with Gasteiger partial charge in [0, 0.05) is 5.38 Å². The lowest BCUT2D eigenvalue weighted by molar-refractivity contribution is -0.127. The Kier molecular flexibility index (Phi) is 6.13. The minimum atomic E-state index is -2.77. The van der Waals surface area contributed by atoms with Crippen molar-refractivity contribution >= 4 is 35.9 Å². The molecule has 0 saturated carbocycles. The van der Waals surface area contributed by atoms with E-state index in [2.05, 4.69) is 55.5 Å². The van der Waals surface area contributed by atoms with Crippen molar-refractivity contribution in [1.82, 2.24) is 10.5 Å². The van der Waals surface area contributed by atoms with Crippen LogP contribution in [0.15, 0.2) is 66.0 Å². The van der Waals surface area contributed by atoms with Gasteiger partial charge in [0.1, 0.15) is 0 Å². The number of carbonyl (C=O) groups is 1. The van der Waals surface area contributed by atoms with E-state index in [0.29, 0.717) is 0 Å². The van der Waals surface area contributed by atoms with Crippen molar-refractivity contribution in [1.29, 1.82) is 0 Å². The van der Waals surface area contributed by atoms with E-state index in [1.807, 2.05) is 48.7 Å². The second-order valence-electron chi connectivity index (χ2n) is 7.83. The summed E-state index contributed by atoms with van der Waals surface area (Å²) in [5, 5.41) is 4.92. The van der Waals surface area contributed by atoms with Crippen molar-refractivity contribution < 1.29 is 9.32 Å². The average molecular weight is 411 g/mol. The maximum atomic E-state index is 12.6. The largest absolute Gasteiger partial charge is 0.308 e. The first kappa shape index (κ1) is 20.5. The number of aromatic nitrogens is 1. The van der Waals surface area contributed by atoms with E-state index in [-0.39, 0.29) is 17.4 Å². The SMILES string of the molecule is Cc1nc(CC(=O)NO[Si](c2ccccc2)(c2ccccc2)C(C)(C)C)cs1. The van der Waals surface area contributed by atoms with E-state index >= 15 is 0 Å². The molecule has 2 aromatic carbocycles. The van der Waals surface area contributed by atoms with Crippen molar-refractivity contribution in [3.63, 3.8) is 0 Å². The third-order valence-electron chi connectivity index (χ3n) is 4.74. The molecule has 6 heteroatoms. The van der Waals surface area contributed by atoms with Gasteiger partial charge in [0.2, 0.25) is 5.91 Å². The van der Waals surface area contributed by atoms with Crippen LogP contribution in [0.5, 0.6) is 0 Å². The summed E-state index contributed by atoms with van der Waals surface area (Å²) >= 11 is 1.54. The summed E-state index contributed by atoms with van der Waals surface area (Å²) in [7, 11) is -2.77. The Morgan fingerprint density at radius 1 is 1.04 bits per heavy atom. The van der Waals surface area contributed by atoms with Crippen LogP contribution in [0.3, 0.4) is 0 Å². The maximum Gasteiger partial charge on any atom is 0.295 e. The molecule has 0 atom stereocenters. The fourth-order valence-electron chi connectivity index (χ4n) is 3.47. The van der Waals surface area contributed by atoms with Crippen molar-refractivity contribution in [3.05, 3.63) is 76.7 Å². The molecule has 28 heavy (non-hydrogen) atoms. The number of hydrogen-bond donors (Lipinski definition) is 1. The van der Waals surface area contributed by atoms with Crippen LogP contribution in [0.4, 0.5) is 0 Å². The van der Waals surface area contributed by atoms with Gasteiger partial charge in [0.15, 0.2) is 0 Å². The minimum absolute atomic E-state index is 0.182. The average Bonchev–Trinajstić information content (AvgIpc) is 3.07. The molecule has 0 radical (unpaired) electrons. The Labute approximate surface area is 171 Å². The molecule has 1 heterocycles. The van der Waals surface area contributed by atoms with Crippen LogP contribution in [0.25, 0.3) is 0 Å². The quantitative estimate of drug-likeness (QED) is 0.499. The Hall–Kier alpha value is -2.28. The van der Waals surface area contributed by atoms with Crippen LogP contribution in [0.2, 0.25) is 5.04 Å². The monoisotopic (exact) mass is 410 g/mol. The molecule has 0 fully saturated rings. The maximum absolute atomic E-state index is 12.6. The van der Waals surface area contributed by atoms with E-state index < -0.39 is 8.32 Å². The van der Waals surface area contributed by atoms with Gasteiger partial charge >= 0.3 is 0 Å². The first-order valence-electron chi connectivity index (χ1n) is 9.32. The normalized spacial score (nSPS) is 12.0. The highest BCUT2D eigenvalue weighted by Gasteiger charge is 2.51. The van der Waals surface area contributed by atoms with Crippen molar-refractivity contribution in [2.45, 2.75) is 39.2 Å². The van der Waals surface area contributed by atoms with Crippen molar-refractivity contribution in [2.24, 2.45) is 0 Å². The molecular weight excluding hydrogens is 384 g/mol. The fourth-order valence-corrected chi connectivity index (χ4v) is 8.28. The van der Waals surface area contributed by atoms with Crippen LogP contribution < -0.4 is 15.9 Å². The molecule has 1 N–H and O–H groups in total. The molecule has 1 aromatic heterocycles. The number of aryl methyl sites for hydroxylation is 1. The Balaban J connectivity index is 1.95.